The molecule has 4 rings (SSSR count). The van der Waals surface area contributed by atoms with Gasteiger partial charge in [0.2, 0.25) is 0 Å². The number of nitrogens with one attached hydrogen (secondary N) is 1. The third-order valence-corrected chi connectivity index (χ3v) is 6.27. The maximum Gasteiger partial charge on any atom is 0.119 e. The van der Waals surface area contributed by atoms with E-state index in [9.17, 15) is 0 Å². The van der Waals surface area contributed by atoms with E-state index in [2.05, 4.69) is 21.2 Å². The largest absolute Gasteiger partial charge is 0.497 e. The van der Waals surface area contributed by atoms with E-state index in [-0.39, 0.29) is 12.4 Å². The zero-order valence-electron chi connectivity index (χ0n) is 18.6. The first kappa shape index (κ1) is 24.8. The Balaban J connectivity index is 0.00000289. The van der Waals surface area contributed by atoms with E-state index >= 15 is 0 Å². The first-order chi connectivity index (χ1) is 15.2. The summed E-state index contributed by atoms with van der Waals surface area (Å²) in [7, 11) is 1.69. The smallest absolute Gasteiger partial charge is 0.119 e. The summed E-state index contributed by atoms with van der Waals surface area (Å²) in [5, 5.41) is 6.54. The Bertz CT molecular complexity index is 1020. The molecule has 6 nitrogen and oxygen atoms in total. The summed E-state index contributed by atoms with van der Waals surface area (Å²) < 4.78 is 5.45. The van der Waals surface area contributed by atoms with Crippen molar-refractivity contribution < 1.29 is 4.74 Å². The SMILES string of the molecule is COc1ccc2nc3cc(Cl)ccc3c(NCCCN3CCN(CCCN)CC3)c2c1.Cl. The molecule has 0 atom stereocenters. The number of ether oxygens (including phenoxy) is 1. The zero-order chi connectivity index (χ0) is 21.6. The molecule has 174 valence electrons. The van der Waals surface area contributed by atoms with Gasteiger partial charge >= 0.3 is 0 Å². The van der Waals surface area contributed by atoms with E-state index in [0.717, 1.165) is 98.4 Å². The highest BCUT2D eigenvalue weighted by molar-refractivity contribution is 6.31. The van der Waals surface area contributed by atoms with Gasteiger partial charge in [-0.3, -0.25) is 0 Å². The normalized spacial score (nSPS) is 15.1. The van der Waals surface area contributed by atoms with Crippen molar-refractivity contribution in [1.82, 2.24) is 14.8 Å². The molecular formula is C24H33Cl2N5O. The number of hydrogen-bond acceptors (Lipinski definition) is 6. The predicted molar refractivity (Wildman–Crippen MR) is 138 cm³/mol. The molecule has 8 heteroatoms. The number of aromatic nitrogens is 1. The summed E-state index contributed by atoms with van der Waals surface area (Å²) in [6.45, 7) is 8.49. The van der Waals surface area contributed by atoms with Crippen molar-refractivity contribution in [2.75, 3.05) is 64.8 Å². The molecule has 2 heterocycles. The summed E-state index contributed by atoms with van der Waals surface area (Å²) in [6, 6.07) is 11.9. The minimum Gasteiger partial charge on any atom is -0.497 e. The van der Waals surface area contributed by atoms with Crippen LogP contribution in [0.4, 0.5) is 5.69 Å². The topological polar surface area (TPSA) is 66.7 Å². The summed E-state index contributed by atoms with van der Waals surface area (Å²) in [4.78, 5) is 9.89. The number of rotatable bonds is 9. The highest BCUT2D eigenvalue weighted by Gasteiger charge is 2.16. The average Bonchev–Trinajstić information content (AvgIpc) is 2.80. The van der Waals surface area contributed by atoms with Crippen LogP contribution < -0.4 is 15.8 Å². The van der Waals surface area contributed by atoms with Gasteiger partial charge in [0.25, 0.3) is 0 Å². The van der Waals surface area contributed by atoms with Crippen LogP contribution >= 0.6 is 24.0 Å². The van der Waals surface area contributed by atoms with Crippen molar-refractivity contribution in [1.29, 1.82) is 0 Å². The molecule has 3 aromatic rings. The molecule has 1 saturated heterocycles. The van der Waals surface area contributed by atoms with E-state index in [1.54, 1.807) is 7.11 Å². The first-order valence-corrected chi connectivity index (χ1v) is 11.5. The molecule has 0 aliphatic carbocycles. The maximum absolute atomic E-state index is 6.23. The molecule has 1 aliphatic heterocycles. The quantitative estimate of drug-likeness (QED) is 0.354. The van der Waals surface area contributed by atoms with Gasteiger partial charge in [-0.25, -0.2) is 4.98 Å². The molecule has 0 bridgehead atoms. The van der Waals surface area contributed by atoms with E-state index in [1.807, 2.05) is 30.3 Å². The van der Waals surface area contributed by atoms with Crippen molar-refractivity contribution >= 4 is 51.5 Å². The molecule has 0 amide bonds. The first-order valence-electron chi connectivity index (χ1n) is 11.1. The van der Waals surface area contributed by atoms with Crippen LogP contribution in [0, 0.1) is 0 Å². The van der Waals surface area contributed by atoms with Gasteiger partial charge in [-0.15, -0.1) is 12.4 Å². The van der Waals surface area contributed by atoms with Gasteiger partial charge in [0.15, 0.2) is 0 Å². The molecular weight excluding hydrogens is 445 g/mol. The van der Waals surface area contributed by atoms with Gasteiger partial charge in [-0.2, -0.15) is 0 Å². The number of fused-ring (bicyclic) bond motifs is 2. The third-order valence-electron chi connectivity index (χ3n) is 6.04. The van der Waals surface area contributed by atoms with Crippen LogP contribution in [0.25, 0.3) is 21.8 Å². The Labute approximate surface area is 201 Å². The summed E-state index contributed by atoms with van der Waals surface area (Å²) in [5.41, 5.74) is 8.57. The maximum atomic E-state index is 6.23. The molecule has 1 aliphatic rings. The predicted octanol–water partition coefficient (Wildman–Crippen LogP) is 4.24. The van der Waals surface area contributed by atoms with Gasteiger partial charge in [-0.05, 0) is 68.9 Å². The number of methoxy groups -OCH3 is 1. The lowest BCUT2D eigenvalue weighted by molar-refractivity contribution is 0.132. The summed E-state index contributed by atoms with van der Waals surface area (Å²) in [6.07, 6.45) is 2.18. The van der Waals surface area contributed by atoms with Crippen LogP contribution in [-0.4, -0.2) is 74.3 Å². The molecule has 2 aromatic carbocycles. The molecule has 32 heavy (non-hydrogen) atoms. The second-order valence-corrected chi connectivity index (χ2v) is 8.57. The zero-order valence-corrected chi connectivity index (χ0v) is 20.2. The number of nitrogens with zero attached hydrogens (tertiary/aromatic N) is 3. The van der Waals surface area contributed by atoms with E-state index in [4.69, 9.17) is 27.1 Å². The van der Waals surface area contributed by atoms with Crippen LogP contribution in [-0.2, 0) is 0 Å². The summed E-state index contributed by atoms with van der Waals surface area (Å²) >= 11 is 6.23. The number of anilines is 1. The molecule has 0 spiro atoms. The number of halogens is 2. The Morgan fingerprint density at radius 2 is 1.69 bits per heavy atom. The number of pyridine rings is 1. The number of benzene rings is 2. The van der Waals surface area contributed by atoms with Gasteiger partial charge in [0.05, 0.1) is 23.8 Å². The fraction of sp³-hybridized carbons (Fsp3) is 0.458. The van der Waals surface area contributed by atoms with Crippen molar-refractivity contribution in [2.24, 2.45) is 5.73 Å². The molecule has 0 unspecified atom stereocenters. The highest BCUT2D eigenvalue weighted by atomic mass is 35.5. The van der Waals surface area contributed by atoms with Crippen molar-refractivity contribution in [3.8, 4) is 5.75 Å². The Morgan fingerprint density at radius 3 is 2.38 bits per heavy atom. The standard InChI is InChI=1S/C24H32ClN5O.ClH/c1-31-19-5-7-22-21(17-19)24(20-6-4-18(25)16-23(20)28-22)27-9-3-11-30-14-12-29(13-15-30)10-2-8-26;/h4-7,16-17H,2-3,8-15,26H2,1H3,(H,27,28);1H. The lowest BCUT2D eigenvalue weighted by atomic mass is 10.1. The van der Waals surface area contributed by atoms with Crippen molar-refractivity contribution in [3.63, 3.8) is 0 Å². The van der Waals surface area contributed by atoms with E-state index in [1.165, 1.54) is 0 Å². The number of piperazine rings is 1. The minimum absolute atomic E-state index is 0. The molecule has 0 saturated carbocycles. The van der Waals surface area contributed by atoms with Crippen LogP contribution in [0.1, 0.15) is 12.8 Å². The summed E-state index contributed by atoms with van der Waals surface area (Å²) in [5.74, 6) is 0.832. The minimum atomic E-state index is 0. The monoisotopic (exact) mass is 477 g/mol. The van der Waals surface area contributed by atoms with E-state index in [0.29, 0.717) is 5.02 Å². The van der Waals surface area contributed by atoms with Crippen LogP contribution in [0.3, 0.4) is 0 Å². The lowest BCUT2D eigenvalue weighted by Gasteiger charge is -2.34. The molecule has 0 radical (unpaired) electrons. The van der Waals surface area contributed by atoms with Crippen LogP contribution in [0.5, 0.6) is 5.75 Å². The average molecular weight is 478 g/mol. The van der Waals surface area contributed by atoms with Crippen LogP contribution in [0.15, 0.2) is 36.4 Å². The van der Waals surface area contributed by atoms with E-state index < -0.39 is 0 Å². The Hall–Kier alpha value is -1.83. The van der Waals surface area contributed by atoms with Crippen LogP contribution in [0.2, 0.25) is 5.02 Å². The third kappa shape index (κ3) is 5.94. The molecule has 1 aromatic heterocycles. The van der Waals surface area contributed by atoms with Gasteiger partial charge in [0, 0.05) is 48.5 Å². The van der Waals surface area contributed by atoms with Gasteiger partial charge < -0.3 is 25.6 Å². The van der Waals surface area contributed by atoms with Crippen molar-refractivity contribution in [2.45, 2.75) is 12.8 Å². The Kier molecular flexibility index (Phi) is 9.20. The second-order valence-electron chi connectivity index (χ2n) is 8.14. The Morgan fingerprint density at radius 1 is 0.969 bits per heavy atom. The highest BCUT2D eigenvalue weighted by Crippen LogP contribution is 2.34. The molecule has 1 fully saturated rings. The fourth-order valence-electron chi connectivity index (χ4n) is 4.28. The fourth-order valence-corrected chi connectivity index (χ4v) is 4.45. The van der Waals surface area contributed by atoms with Gasteiger partial charge in [-0.1, -0.05) is 11.6 Å². The van der Waals surface area contributed by atoms with Gasteiger partial charge in [0.1, 0.15) is 5.75 Å². The number of nitrogens with two attached hydrogens (primary N) is 1. The van der Waals surface area contributed by atoms with Crippen molar-refractivity contribution in [3.05, 3.63) is 41.4 Å². The molecule has 3 N–H and O–H groups in total. The lowest BCUT2D eigenvalue weighted by Crippen LogP contribution is -2.47. The second kappa shape index (κ2) is 11.9. The number of hydrogen-bond donors (Lipinski definition) is 2.